The number of hydrogen-bond acceptors (Lipinski definition) is 6. The van der Waals surface area contributed by atoms with E-state index in [9.17, 15) is 5.26 Å². The normalized spacial score (nSPS) is 10.8. The van der Waals surface area contributed by atoms with Gasteiger partial charge < -0.3 is 29.8 Å². The first-order valence-electron chi connectivity index (χ1n) is 9.15. The molecule has 0 aliphatic rings. The molecule has 154 valence electrons. The van der Waals surface area contributed by atoms with Crippen molar-refractivity contribution in [1.82, 2.24) is 10.3 Å². The largest absolute Gasteiger partial charge is 0.493 e. The fourth-order valence-electron chi connectivity index (χ4n) is 2.82. The van der Waals surface area contributed by atoms with Crippen LogP contribution in [-0.4, -0.2) is 38.7 Å². The van der Waals surface area contributed by atoms with E-state index in [1.165, 1.54) is 0 Å². The van der Waals surface area contributed by atoms with Gasteiger partial charge in [0.25, 0.3) is 0 Å². The zero-order valence-electron chi connectivity index (χ0n) is 17.5. The Hall–Kier alpha value is -3.60. The summed E-state index contributed by atoms with van der Waals surface area (Å²) >= 11 is 0. The number of rotatable bonds is 9. The number of aliphatic imine (C=N–C) groups is 1. The summed E-state index contributed by atoms with van der Waals surface area (Å²) in [7, 11) is 4.68. The van der Waals surface area contributed by atoms with Crippen LogP contribution in [0.5, 0.6) is 17.2 Å². The van der Waals surface area contributed by atoms with Gasteiger partial charge in [-0.15, -0.1) is 0 Å². The van der Waals surface area contributed by atoms with Crippen LogP contribution in [0.4, 0.5) is 11.5 Å². The first kappa shape index (κ1) is 21.7. The maximum Gasteiger partial charge on any atom is 0.203 e. The monoisotopic (exact) mass is 397 g/mol. The summed E-state index contributed by atoms with van der Waals surface area (Å²) in [5, 5.41) is 15.8. The number of hydrogen-bond donors (Lipinski definition) is 3. The summed E-state index contributed by atoms with van der Waals surface area (Å²) in [5.74, 6) is 2.74. The molecule has 2 aromatic rings. The van der Waals surface area contributed by atoms with E-state index >= 15 is 0 Å². The van der Waals surface area contributed by atoms with Gasteiger partial charge in [-0.1, -0.05) is 13.5 Å². The highest BCUT2D eigenvalue weighted by Crippen LogP contribution is 2.40. The van der Waals surface area contributed by atoms with E-state index in [2.05, 4.69) is 40.2 Å². The van der Waals surface area contributed by atoms with Crippen molar-refractivity contribution in [2.24, 2.45) is 4.99 Å². The number of nitrogens with one attached hydrogen (secondary N) is 3. The van der Waals surface area contributed by atoms with Gasteiger partial charge in [0.05, 0.1) is 32.5 Å². The number of ether oxygens (including phenoxy) is 3. The minimum atomic E-state index is 0.484. The topological polar surface area (TPSA) is 104 Å². The second-order valence-electron chi connectivity index (χ2n) is 6.18. The molecule has 0 aliphatic carbocycles. The molecule has 0 saturated carbocycles. The summed E-state index contributed by atoms with van der Waals surface area (Å²) in [6.45, 7) is 8.69. The molecule has 0 saturated heterocycles. The van der Waals surface area contributed by atoms with Crippen LogP contribution in [0.15, 0.2) is 29.9 Å². The molecule has 3 N–H and O–H groups in total. The molecule has 0 unspecified atom stereocenters. The molecule has 8 heteroatoms. The lowest BCUT2D eigenvalue weighted by atomic mass is 10.1. The summed E-state index contributed by atoms with van der Waals surface area (Å²) in [4.78, 5) is 7.63. The van der Waals surface area contributed by atoms with Crippen LogP contribution < -0.4 is 24.8 Å². The highest BCUT2D eigenvalue weighted by Gasteiger charge is 2.16. The summed E-state index contributed by atoms with van der Waals surface area (Å²) in [5.41, 5.74) is 2.52. The molecule has 0 bridgehead atoms. The number of benzene rings is 1. The molecule has 1 aromatic heterocycles. The smallest absolute Gasteiger partial charge is 0.203 e. The molecule has 29 heavy (non-hydrogen) atoms. The highest BCUT2D eigenvalue weighted by molar-refractivity contribution is 5.96. The van der Waals surface area contributed by atoms with Crippen molar-refractivity contribution in [3.8, 4) is 23.3 Å². The van der Waals surface area contributed by atoms with Crippen molar-refractivity contribution in [3.63, 3.8) is 0 Å². The van der Waals surface area contributed by atoms with Gasteiger partial charge in [0.1, 0.15) is 17.7 Å². The van der Waals surface area contributed by atoms with Crippen LogP contribution in [0.2, 0.25) is 0 Å². The molecular formula is C21H27N5O3. The number of methoxy groups -OCH3 is 3. The number of H-pyrrole nitrogens is 1. The van der Waals surface area contributed by atoms with Gasteiger partial charge >= 0.3 is 0 Å². The lowest BCUT2D eigenvalue weighted by Gasteiger charge is -2.15. The molecule has 0 radical (unpaired) electrons. The van der Waals surface area contributed by atoms with E-state index in [0.29, 0.717) is 45.7 Å². The fraction of sp³-hybridized carbons (Fsp3) is 0.333. The van der Waals surface area contributed by atoms with Gasteiger partial charge in [0, 0.05) is 36.3 Å². The minimum absolute atomic E-state index is 0.484. The molecule has 0 fully saturated rings. The molecule has 2 rings (SSSR count). The quantitative estimate of drug-likeness (QED) is 0.436. The molecular weight excluding hydrogens is 370 g/mol. The fourth-order valence-corrected chi connectivity index (χ4v) is 2.82. The SMILES string of the molecule is C=C(NCCC)c1c(C#N)c[nH]c1/N=C(\C)Nc1cc(OC)c(OC)c(OC)c1. The third-order valence-electron chi connectivity index (χ3n) is 4.14. The summed E-state index contributed by atoms with van der Waals surface area (Å²) < 4.78 is 16.1. The van der Waals surface area contributed by atoms with Crippen LogP contribution in [-0.2, 0) is 0 Å². The van der Waals surface area contributed by atoms with Crippen molar-refractivity contribution in [2.75, 3.05) is 33.2 Å². The van der Waals surface area contributed by atoms with Gasteiger partial charge in [-0.2, -0.15) is 5.26 Å². The number of anilines is 1. The zero-order valence-corrected chi connectivity index (χ0v) is 17.5. The average Bonchev–Trinajstić information content (AvgIpc) is 3.13. The Bertz CT molecular complexity index is 915. The molecule has 0 aliphatic heterocycles. The molecule has 0 spiro atoms. The predicted molar refractivity (Wildman–Crippen MR) is 115 cm³/mol. The van der Waals surface area contributed by atoms with Gasteiger partial charge in [-0.25, -0.2) is 4.99 Å². The van der Waals surface area contributed by atoms with Crippen molar-refractivity contribution >= 4 is 23.0 Å². The van der Waals surface area contributed by atoms with Gasteiger partial charge in [0.15, 0.2) is 11.5 Å². The Balaban J connectivity index is 2.35. The molecule has 1 heterocycles. The lowest BCUT2D eigenvalue weighted by Crippen LogP contribution is -2.13. The van der Waals surface area contributed by atoms with E-state index in [1.807, 2.05) is 6.92 Å². The second kappa shape index (κ2) is 10.1. The maximum absolute atomic E-state index is 9.40. The van der Waals surface area contributed by atoms with Crippen molar-refractivity contribution in [3.05, 3.63) is 36.0 Å². The number of nitrogens with zero attached hydrogens (tertiary/aromatic N) is 2. The van der Waals surface area contributed by atoms with Crippen molar-refractivity contribution < 1.29 is 14.2 Å². The van der Waals surface area contributed by atoms with Crippen LogP contribution in [0.1, 0.15) is 31.4 Å². The zero-order chi connectivity index (χ0) is 21.4. The van der Waals surface area contributed by atoms with Crippen LogP contribution in [0.3, 0.4) is 0 Å². The number of nitriles is 1. The molecule has 0 atom stereocenters. The number of aromatic amines is 1. The molecule has 8 nitrogen and oxygen atoms in total. The predicted octanol–water partition coefficient (Wildman–Crippen LogP) is 4.04. The van der Waals surface area contributed by atoms with Crippen molar-refractivity contribution in [1.29, 1.82) is 5.26 Å². The first-order valence-corrected chi connectivity index (χ1v) is 9.15. The van der Waals surface area contributed by atoms with Gasteiger partial charge in [-0.05, 0) is 13.3 Å². The number of aromatic nitrogens is 1. The third-order valence-corrected chi connectivity index (χ3v) is 4.14. The maximum atomic E-state index is 9.40. The van der Waals surface area contributed by atoms with Gasteiger partial charge in [-0.3, -0.25) is 0 Å². The van der Waals surface area contributed by atoms with E-state index < -0.39 is 0 Å². The van der Waals surface area contributed by atoms with Crippen LogP contribution in [0, 0.1) is 11.3 Å². The molecule has 0 amide bonds. The second-order valence-corrected chi connectivity index (χ2v) is 6.18. The van der Waals surface area contributed by atoms with Crippen LogP contribution >= 0.6 is 0 Å². The van der Waals surface area contributed by atoms with E-state index in [0.717, 1.165) is 18.7 Å². The summed E-state index contributed by atoms with van der Waals surface area (Å²) in [6.07, 6.45) is 2.57. The van der Waals surface area contributed by atoms with E-state index in [1.54, 1.807) is 39.7 Å². The van der Waals surface area contributed by atoms with E-state index in [4.69, 9.17) is 14.2 Å². The average molecular weight is 397 g/mol. The van der Waals surface area contributed by atoms with Crippen molar-refractivity contribution in [2.45, 2.75) is 20.3 Å². The lowest BCUT2D eigenvalue weighted by molar-refractivity contribution is 0.324. The standard InChI is InChI=1S/C21H27N5O3/c1-7-8-23-13(2)19-15(11-22)12-24-21(19)26-14(3)25-16-9-17(27-4)20(29-6)18(10-16)28-5/h9-10,12,23-24H,2,7-8H2,1,3-6H3,(H,25,26). The Kier molecular flexibility index (Phi) is 7.54. The minimum Gasteiger partial charge on any atom is -0.493 e. The number of amidine groups is 1. The summed E-state index contributed by atoms with van der Waals surface area (Å²) in [6, 6.07) is 5.75. The molecule has 1 aromatic carbocycles. The Morgan fingerprint density at radius 2 is 1.86 bits per heavy atom. The van der Waals surface area contributed by atoms with E-state index in [-0.39, 0.29) is 0 Å². The third kappa shape index (κ3) is 5.02. The van der Waals surface area contributed by atoms with Gasteiger partial charge in [0.2, 0.25) is 5.75 Å². The Labute approximate surface area is 171 Å². The Morgan fingerprint density at radius 3 is 2.38 bits per heavy atom. The first-order chi connectivity index (χ1) is 14.0. The van der Waals surface area contributed by atoms with Crippen LogP contribution in [0.25, 0.3) is 5.70 Å². The Morgan fingerprint density at radius 1 is 1.21 bits per heavy atom. The highest BCUT2D eigenvalue weighted by atomic mass is 16.5.